The molecule has 3 aromatic carbocycles. The van der Waals surface area contributed by atoms with Gasteiger partial charge in [-0.2, -0.15) is 0 Å². The van der Waals surface area contributed by atoms with Crippen molar-refractivity contribution in [1.29, 1.82) is 0 Å². The van der Waals surface area contributed by atoms with Gasteiger partial charge in [-0.05, 0) is 122 Å². The molecular weight excluding hydrogens is 567 g/mol. The molecule has 4 N–H and O–H groups in total. The molecule has 0 radical (unpaired) electrons. The number of hydrogen-bond acceptors (Lipinski definition) is 2. The molecule has 5 rings (SSSR count). The van der Waals surface area contributed by atoms with Gasteiger partial charge in [0, 0.05) is 21.4 Å². The lowest BCUT2D eigenvalue weighted by Crippen LogP contribution is -2.51. The van der Waals surface area contributed by atoms with E-state index in [0.717, 1.165) is 64.2 Å². The van der Waals surface area contributed by atoms with Gasteiger partial charge in [0.1, 0.15) is 0 Å². The van der Waals surface area contributed by atoms with Crippen molar-refractivity contribution in [2.45, 2.75) is 89.1 Å². The molecular formula is C34H40Cl2N4O2. The largest absolute Gasteiger partial charge is 0.328 e. The van der Waals surface area contributed by atoms with E-state index in [0.29, 0.717) is 21.4 Å². The Kier molecular flexibility index (Phi) is 9.34. The topological polar surface area (TPSA) is 82.3 Å². The SMILES string of the molecule is CCC[C@]1(NC(=O)Nc2ccc(Cl)cc2)CCCc2cc3c(cc21)CCC[C@]3(CCC)NC(=O)Nc1ccc(Cl)cc1. The Labute approximate surface area is 259 Å². The van der Waals surface area contributed by atoms with Crippen LogP contribution in [0.2, 0.25) is 10.0 Å². The number of benzene rings is 3. The van der Waals surface area contributed by atoms with E-state index in [1.807, 2.05) is 24.3 Å². The van der Waals surface area contributed by atoms with Crippen molar-refractivity contribution >= 4 is 46.6 Å². The molecule has 4 amide bonds. The predicted octanol–water partition coefficient (Wildman–Crippen LogP) is 9.30. The summed E-state index contributed by atoms with van der Waals surface area (Å²) in [6.45, 7) is 4.34. The third-order valence-electron chi connectivity index (χ3n) is 8.72. The Bertz CT molecular complexity index is 1320. The summed E-state index contributed by atoms with van der Waals surface area (Å²) in [6.07, 6.45) is 9.26. The lowest BCUT2D eigenvalue weighted by molar-refractivity contribution is 0.218. The second-order valence-electron chi connectivity index (χ2n) is 11.7. The van der Waals surface area contributed by atoms with Crippen molar-refractivity contribution in [3.05, 3.63) is 93.0 Å². The molecule has 222 valence electrons. The van der Waals surface area contributed by atoms with Crippen LogP contribution in [0, 0.1) is 0 Å². The van der Waals surface area contributed by atoms with Crippen LogP contribution in [0.3, 0.4) is 0 Å². The highest BCUT2D eigenvalue weighted by molar-refractivity contribution is 6.31. The molecule has 3 aromatic rings. The average molecular weight is 608 g/mol. The highest BCUT2D eigenvalue weighted by Crippen LogP contribution is 2.45. The number of nitrogens with one attached hydrogen (secondary N) is 4. The van der Waals surface area contributed by atoms with Gasteiger partial charge in [-0.15, -0.1) is 0 Å². The van der Waals surface area contributed by atoms with Crippen LogP contribution in [0.1, 0.15) is 87.5 Å². The van der Waals surface area contributed by atoms with Crippen LogP contribution in [-0.4, -0.2) is 12.1 Å². The Balaban J connectivity index is 1.45. The fourth-order valence-corrected chi connectivity index (χ4v) is 7.26. The number of carbonyl (C=O) groups excluding carboxylic acids is 2. The third kappa shape index (κ3) is 6.55. The van der Waals surface area contributed by atoms with E-state index >= 15 is 0 Å². The lowest BCUT2D eigenvalue weighted by atomic mass is 9.68. The van der Waals surface area contributed by atoms with E-state index < -0.39 is 11.1 Å². The van der Waals surface area contributed by atoms with Gasteiger partial charge in [-0.1, -0.05) is 62.0 Å². The minimum atomic E-state index is -0.446. The van der Waals surface area contributed by atoms with Crippen LogP contribution in [0.5, 0.6) is 0 Å². The summed E-state index contributed by atoms with van der Waals surface area (Å²) < 4.78 is 0. The molecule has 0 aliphatic heterocycles. The molecule has 6 nitrogen and oxygen atoms in total. The maximum absolute atomic E-state index is 13.3. The molecule has 0 saturated heterocycles. The van der Waals surface area contributed by atoms with Gasteiger partial charge in [0.05, 0.1) is 11.1 Å². The molecule has 0 unspecified atom stereocenters. The molecule has 0 spiro atoms. The second-order valence-corrected chi connectivity index (χ2v) is 12.6. The fraction of sp³-hybridized carbons (Fsp3) is 0.412. The zero-order valence-electron chi connectivity index (χ0n) is 24.4. The van der Waals surface area contributed by atoms with Gasteiger partial charge in [0.2, 0.25) is 0 Å². The van der Waals surface area contributed by atoms with E-state index in [9.17, 15) is 9.59 Å². The van der Waals surface area contributed by atoms with E-state index in [1.54, 1.807) is 24.3 Å². The standard InChI is InChI=1S/C34H40Cl2N4O2/c1-3-17-33(39-31(41)37-27-13-9-25(35)10-14-27)19-5-7-23-22-30-24(21-29(23)33)8-6-20-34(30,18-4-2)40-32(42)38-28-15-11-26(36)12-16-28/h9-16,21-22H,3-8,17-20H2,1-2H3,(H2,37,39,41)(H2,38,40,42)/t33-,34-/m0/s1. The maximum Gasteiger partial charge on any atom is 0.319 e. The number of anilines is 2. The monoisotopic (exact) mass is 606 g/mol. The van der Waals surface area contributed by atoms with Crippen molar-refractivity contribution in [1.82, 2.24) is 10.6 Å². The van der Waals surface area contributed by atoms with Crippen LogP contribution < -0.4 is 21.3 Å². The zero-order chi connectivity index (χ0) is 29.7. The molecule has 2 atom stereocenters. The maximum atomic E-state index is 13.3. The lowest BCUT2D eigenvalue weighted by Gasteiger charge is -2.44. The molecule has 0 aromatic heterocycles. The summed E-state index contributed by atoms with van der Waals surface area (Å²) in [6, 6.07) is 18.6. The molecule has 0 saturated carbocycles. The van der Waals surface area contributed by atoms with Crippen molar-refractivity contribution in [2.24, 2.45) is 0 Å². The molecule has 2 aliphatic rings. The summed E-state index contributed by atoms with van der Waals surface area (Å²) in [5.41, 5.74) is 5.49. The number of aryl methyl sites for hydroxylation is 2. The number of carbonyl (C=O) groups is 2. The van der Waals surface area contributed by atoms with Gasteiger partial charge >= 0.3 is 12.1 Å². The second kappa shape index (κ2) is 13.0. The van der Waals surface area contributed by atoms with Gasteiger partial charge in [-0.25, -0.2) is 9.59 Å². The number of hydrogen-bond donors (Lipinski definition) is 4. The molecule has 2 aliphatic carbocycles. The van der Waals surface area contributed by atoms with E-state index in [-0.39, 0.29) is 12.1 Å². The van der Waals surface area contributed by atoms with Crippen LogP contribution in [-0.2, 0) is 23.9 Å². The molecule has 42 heavy (non-hydrogen) atoms. The summed E-state index contributed by atoms with van der Waals surface area (Å²) in [7, 11) is 0. The van der Waals surface area contributed by atoms with Crippen LogP contribution in [0.15, 0.2) is 60.7 Å². The summed E-state index contributed by atoms with van der Waals surface area (Å²) in [5, 5.41) is 14.0. The number of halogens is 2. The fourth-order valence-electron chi connectivity index (χ4n) is 7.01. The van der Waals surface area contributed by atoms with E-state index in [2.05, 4.69) is 47.2 Å². The predicted molar refractivity (Wildman–Crippen MR) is 173 cm³/mol. The Morgan fingerprint density at radius 3 is 1.40 bits per heavy atom. The molecule has 0 heterocycles. The van der Waals surface area contributed by atoms with E-state index in [4.69, 9.17) is 23.2 Å². The first-order valence-electron chi connectivity index (χ1n) is 15.1. The minimum absolute atomic E-state index is 0.211. The number of rotatable bonds is 8. The third-order valence-corrected chi connectivity index (χ3v) is 9.23. The summed E-state index contributed by atoms with van der Waals surface area (Å²) in [4.78, 5) is 26.6. The van der Waals surface area contributed by atoms with Gasteiger partial charge in [0.15, 0.2) is 0 Å². The van der Waals surface area contributed by atoms with Crippen molar-refractivity contribution in [2.75, 3.05) is 10.6 Å². The quantitative estimate of drug-likeness (QED) is 0.206. The molecule has 0 bridgehead atoms. The summed E-state index contributed by atoms with van der Waals surface area (Å²) >= 11 is 12.1. The first kappa shape index (κ1) is 30.2. The van der Waals surface area contributed by atoms with Gasteiger partial charge in [-0.3, -0.25) is 0 Å². The van der Waals surface area contributed by atoms with Crippen molar-refractivity contribution in [3.8, 4) is 0 Å². The number of amides is 4. The van der Waals surface area contributed by atoms with Crippen molar-refractivity contribution < 1.29 is 9.59 Å². The molecule has 0 fully saturated rings. The normalized spacial score (nSPS) is 21.0. The number of urea groups is 2. The van der Waals surface area contributed by atoms with Crippen LogP contribution in [0.25, 0.3) is 0 Å². The highest BCUT2D eigenvalue weighted by Gasteiger charge is 2.42. The Hall–Kier alpha value is -3.22. The minimum Gasteiger partial charge on any atom is -0.328 e. The zero-order valence-corrected chi connectivity index (χ0v) is 25.9. The van der Waals surface area contributed by atoms with E-state index in [1.165, 1.54) is 22.3 Å². The number of fused-ring (bicyclic) bond motifs is 2. The van der Waals surface area contributed by atoms with Gasteiger partial charge in [0.25, 0.3) is 0 Å². The first-order valence-corrected chi connectivity index (χ1v) is 15.9. The smallest absolute Gasteiger partial charge is 0.319 e. The first-order chi connectivity index (χ1) is 20.3. The Morgan fingerprint density at radius 1 is 0.667 bits per heavy atom. The van der Waals surface area contributed by atoms with Gasteiger partial charge < -0.3 is 21.3 Å². The van der Waals surface area contributed by atoms with Crippen molar-refractivity contribution in [3.63, 3.8) is 0 Å². The average Bonchev–Trinajstić information content (AvgIpc) is 2.95. The molecule has 8 heteroatoms. The highest BCUT2D eigenvalue weighted by atomic mass is 35.5. The van der Waals surface area contributed by atoms with Crippen LogP contribution >= 0.6 is 23.2 Å². The van der Waals surface area contributed by atoms with Crippen LogP contribution in [0.4, 0.5) is 21.0 Å². The summed E-state index contributed by atoms with van der Waals surface area (Å²) in [5.74, 6) is 0. The Morgan fingerprint density at radius 2 is 1.05 bits per heavy atom.